The molecule has 0 spiro atoms. The van der Waals surface area contributed by atoms with Crippen molar-refractivity contribution in [2.45, 2.75) is 39.0 Å². The average molecular weight is 1640 g/mol. The highest BCUT2D eigenvalue weighted by atomic mass is 15.2. The Hall–Kier alpha value is -16.1. The molecular weight excluding hydrogens is 1550 g/mol. The first-order valence-corrected chi connectivity index (χ1v) is 44.5. The maximum absolute atomic E-state index is 2.46. The number of hydrogen-bond acceptors (Lipinski definition) is 3. The van der Waals surface area contributed by atoms with E-state index in [-0.39, 0.29) is 11.3 Å². The van der Waals surface area contributed by atoms with Gasteiger partial charge in [0.1, 0.15) is 0 Å². The molecular formula is C124H92N4. The molecule has 1 atom stereocenters. The van der Waals surface area contributed by atoms with Crippen molar-refractivity contribution in [3.05, 3.63) is 507 Å². The molecule has 4 heteroatoms. The first-order chi connectivity index (χ1) is 63.1. The molecule has 22 aromatic rings. The van der Waals surface area contributed by atoms with Gasteiger partial charge < -0.3 is 19.3 Å². The maximum Gasteiger partial charge on any atom is 0.0542 e. The molecule has 0 radical (unpaired) electrons. The lowest BCUT2D eigenvalue weighted by Crippen LogP contribution is -2.10. The zero-order chi connectivity index (χ0) is 85.8. The molecule has 1 aromatic heterocycles. The summed E-state index contributed by atoms with van der Waals surface area (Å²) in [5.41, 5.74) is 35.1. The summed E-state index contributed by atoms with van der Waals surface area (Å²) in [7, 11) is 0. The highest BCUT2D eigenvalue weighted by Crippen LogP contribution is 2.54. The van der Waals surface area contributed by atoms with E-state index >= 15 is 0 Å². The van der Waals surface area contributed by atoms with Crippen molar-refractivity contribution in [2.24, 2.45) is 0 Å². The van der Waals surface area contributed by atoms with Gasteiger partial charge in [-0.05, 0) is 290 Å². The molecule has 0 saturated heterocycles. The van der Waals surface area contributed by atoms with Crippen LogP contribution in [0, 0.1) is 6.92 Å². The molecule has 1 unspecified atom stereocenters. The Morgan fingerprint density at radius 3 is 0.992 bits per heavy atom. The molecule has 0 N–H and O–H groups in total. The van der Waals surface area contributed by atoms with E-state index in [9.17, 15) is 0 Å². The number of rotatable bonds is 16. The second-order valence-corrected chi connectivity index (χ2v) is 34.6. The Morgan fingerprint density at radius 1 is 0.211 bits per heavy atom. The Labute approximate surface area is 748 Å². The first-order valence-electron chi connectivity index (χ1n) is 44.5. The Kier molecular flexibility index (Phi) is 20.2. The third-order valence-electron chi connectivity index (χ3n) is 25.9. The van der Waals surface area contributed by atoms with Gasteiger partial charge in [-0.15, -0.1) is 0 Å². The largest absolute Gasteiger partial charge is 0.310 e. The van der Waals surface area contributed by atoms with Crippen molar-refractivity contribution in [1.82, 2.24) is 4.57 Å². The first kappa shape index (κ1) is 77.9. The smallest absolute Gasteiger partial charge is 0.0542 e. The highest BCUT2D eigenvalue weighted by molar-refractivity contribution is 6.23. The van der Waals surface area contributed by atoms with Crippen LogP contribution in [0.15, 0.2) is 479 Å². The van der Waals surface area contributed by atoms with Crippen LogP contribution in [0.1, 0.15) is 54.5 Å². The monoisotopic (exact) mass is 1640 g/mol. The fourth-order valence-corrected chi connectivity index (χ4v) is 20.0. The molecule has 1 heterocycles. The number of hydrogen-bond donors (Lipinski definition) is 0. The van der Waals surface area contributed by atoms with E-state index < -0.39 is 0 Å². The molecule has 1 aliphatic rings. The van der Waals surface area contributed by atoms with Crippen molar-refractivity contribution in [1.29, 1.82) is 0 Å². The van der Waals surface area contributed by atoms with Gasteiger partial charge in [0.15, 0.2) is 0 Å². The van der Waals surface area contributed by atoms with E-state index in [0.29, 0.717) is 0 Å². The van der Waals surface area contributed by atoms with E-state index in [1.165, 1.54) is 148 Å². The topological polar surface area (TPSA) is 14.7 Å². The second kappa shape index (κ2) is 33.2. The van der Waals surface area contributed by atoms with Gasteiger partial charge in [0.25, 0.3) is 0 Å². The summed E-state index contributed by atoms with van der Waals surface area (Å²) in [6.45, 7) is 9.10. The van der Waals surface area contributed by atoms with Gasteiger partial charge in [-0.2, -0.15) is 0 Å². The molecule has 0 aliphatic heterocycles. The molecule has 0 fully saturated rings. The van der Waals surface area contributed by atoms with E-state index in [1.54, 1.807) is 0 Å². The minimum atomic E-state index is 0.0333. The lowest BCUT2D eigenvalue weighted by molar-refractivity contribution is 0.591. The third kappa shape index (κ3) is 14.2. The van der Waals surface area contributed by atoms with E-state index in [1.807, 2.05) is 0 Å². The van der Waals surface area contributed by atoms with Crippen LogP contribution < -0.4 is 14.7 Å². The van der Waals surface area contributed by atoms with Crippen molar-refractivity contribution < 1.29 is 0 Å². The van der Waals surface area contributed by atoms with E-state index in [0.717, 1.165) is 67.9 Å². The van der Waals surface area contributed by atoms with Gasteiger partial charge in [0.2, 0.25) is 0 Å². The Morgan fingerprint density at radius 2 is 0.547 bits per heavy atom. The van der Waals surface area contributed by atoms with Crippen LogP contribution in [-0.2, 0) is 5.41 Å². The van der Waals surface area contributed by atoms with Crippen molar-refractivity contribution >= 4 is 116 Å². The van der Waals surface area contributed by atoms with Gasteiger partial charge in [-0.3, -0.25) is 0 Å². The molecule has 4 nitrogen and oxygen atoms in total. The lowest BCUT2D eigenvalue weighted by Gasteiger charge is -2.26. The summed E-state index contributed by atoms with van der Waals surface area (Å²) in [4.78, 5) is 7.06. The van der Waals surface area contributed by atoms with Gasteiger partial charge in [-0.25, -0.2) is 0 Å². The van der Waals surface area contributed by atoms with Crippen LogP contribution in [-0.4, -0.2) is 4.57 Å². The molecule has 128 heavy (non-hydrogen) atoms. The molecule has 608 valence electrons. The van der Waals surface area contributed by atoms with Gasteiger partial charge in [-0.1, -0.05) is 360 Å². The summed E-state index contributed by atoms with van der Waals surface area (Å²) in [5.74, 6) is 0.148. The zero-order valence-electron chi connectivity index (χ0n) is 72.0. The van der Waals surface area contributed by atoms with Crippen LogP contribution in [0.3, 0.4) is 0 Å². The predicted octanol–water partition coefficient (Wildman–Crippen LogP) is 34.6. The molecule has 0 bridgehead atoms. The fourth-order valence-electron chi connectivity index (χ4n) is 20.0. The molecule has 0 saturated carbocycles. The molecule has 21 aromatic carbocycles. The third-order valence-corrected chi connectivity index (χ3v) is 25.9. The van der Waals surface area contributed by atoms with Crippen LogP contribution in [0.2, 0.25) is 0 Å². The molecule has 0 amide bonds. The summed E-state index contributed by atoms with van der Waals surface area (Å²) in [5, 5.41) is 12.4. The van der Waals surface area contributed by atoms with Crippen LogP contribution >= 0.6 is 0 Å². The van der Waals surface area contributed by atoms with Crippen LogP contribution in [0.5, 0.6) is 0 Å². The molecule has 1 aliphatic carbocycles. The van der Waals surface area contributed by atoms with Crippen LogP contribution in [0.25, 0.3) is 137 Å². The quantitative estimate of drug-likeness (QED) is 0.0896. The van der Waals surface area contributed by atoms with Crippen LogP contribution in [0.4, 0.5) is 51.2 Å². The van der Waals surface area contributed by atoms with Crippen molar-refractivity contribution in [3.8, 4) is 72.4 Å². The summed E-state index contributed by atoms with van der Waals surface area (Å²) in [6.07, 6.45) is 0. The molecule has 23 rings (SSSR count). The minimum absolute atomic E-state index is 0.0333. The minimum Gasteiger partial charge on any atom is -0.310 e. The highest BCUT2D eigenvalue weighted by Gasteiger charge is 2.32. The van der Waals surface area contributed by atoms with Crippen molar-refractivity contribution in [3.63, 3.8) is 0 Å². The fraction of sp³-hybridized carbons (Fsp3) is 0.0484. The normalized spacial score (nSPS) is 12.3. The van der Waals surface area contributed by atoms with Gasteiger partial charge in [0.05, 0.1) is 11.0 Å². The second-order valence-electron chi connectivity index (χ2n) is 34.6. The maximum atomic E-state index is 2.46. The number of benzene rings is 21. The predicted molar refractivity (Wildman–Crippen MR) is 545 cm³/mol. The average Bonchev–Trinajstić information content (AvgIpc) is 1.19. The summed E-state index contributed by atoms with van der Waals surface area (Å²) < 4.78 is 2.46. The Bertz CT molecular complexity index is 7560. The number of para-hydroxylation sites is 6. The van der Waals surface area contributed by atoms with E-state index in [4.69, 9.17) is 0 Å². The zero-order valence-corrected chi connectivity index (χ0v) is 72.0. The summed E-state index contributed by atoms with van der Waals surface area (Å²) >= 11 is 0. The number of nitrogens with zero attached hydrogens (tertiary/aromatic N) is 4. The van der Waals surface area contributed by atoms with Gasteiger partial charge >= 0.3 is 0 Å². The lowest BCUT2D eigenvalue weighted by atomic mass is 9.81. The number of aryl methyl sites for hydroxylation is 1. The SMILES string of the molecule is CC(C)(C)c1ccc2c(-c3ccc(C4c5ccccc5-c5cc(N(c6ccccc6)c6ccccc6)ccc54)cc3)c3ccccc3c(-c3ccccc3)c2c1.Cc1ccccc1-c1ccc(-c2c3ccccc3c(-c3cccc(-n4c5ccc(N(c6ccccc6)c6ccccc6)cc5c5cc(N(c6ccccc6)c6ccccc6)ccc54)c3)c3ccccc23)cc1. The number of fused-ring (bicyclic) bond motifs is 10. The number of anilines is 9. The standard InChI is InChI=1S/C69H49N3.C55H43N/c1-48-21-14-15-32-59(48)49-37-39-50(40-38-49)68-60-33-16-18-35-62(60)69(63-36-19-17-34-61(63)68)51-22-20-31-56(45-51)72-66-43-41-57(70(52-23-6-2-7-24-52)53-25-8-3-9-26-53)46-64(66)65-47-58(42-44-67(65)72)71(54-27-10-4-11-28-54)55-29-12-5-13-30-55;1-55(2,3)40-31-33-49-51(35-40)54(37-17-7-4-8-18-37)47-26-16-15-25-46(47)53(49)39-29-27-38(28-30-39)52-45-24-14-13-23-44(45)50-36-43(32-34-48(50)52)56(41-19-9-5-10-20-41)42-21-11-6-12-22-42/h2-47H,1H3;4-36,52H,1-3H3. The number of aromatic nitrogens is 1. The van der Waals surface area contributed by atoms with Crippen molar-refractivity contribution in [2.75, 3.05) is 14.7 Å². The van der Waals surface area contributed by atoms with E-state index in [2.05, 4.69) is 526 Å². The van der Waals surface area contributed by atoms with Gasteiger partial charge in [0, 0.05) is 73.6 Å². The Balaban J connectivity index is 0.000000156. The summed E-state index contributed by atoms with van der Waals surface area (Å²) in [6, 6.07) is 175.